The van der Waals surface area contributed by atoms with Gasteiger partial charge in [-0.15, -0.1) is 0 Å². The van der Waals surface area contributed by atoms with Gasteiger partial charge in [-0.1, -0.05) is 11.8 Å². The van der Waals surface area contributed by atoms with Crippen LogP contribution in [0.25, 0.3) is 0 Å². The van der Waals surface area contributed by atoms with Crippen molar-refractivity contribution in [3.8, 4) is 0 Å². The Morgan fingerprint density at radius 3 is 2.43 bits per heavy atom. The molecule has 8 heteroatoms. The van der Waals surface area contributed by atoms with Crippen LogP contribution in [0.3, 0.4) is 0 Å². The highest BCUT2D eigenvalue weighted by Gasteiger charge is 2.18. The standard InChI is InChI=1S/C13H8F2N2O3S/c14-8-2-4-11(9(15)6-8)21-12-5-7(13(16)18)1-3-10(12)17(19)20/h1-6H,(H2,16,18). The lowest BCUT2D eigenvalue weighted by atomic mass is 10.2. The van der Waals surface area contributed by atoms with E-state index in [1.807, 2.05) is 0 Å². The van der Waals surface area contributed by atoms with E-state index >= 15 is 0 Å². The molecule has 1 amide bonds. The molecule has 2 N–H and O–H groups in total. The number of carbonyl (C=O) groups is 1. The van der Waals surface area contributed by atoms with Gasteiger partial charge in [0.2, 0.25) is 5.91 Å². The number of nitro groups is 1. The topological polar surface area (TPSA) is 86.2 Å². The van der Waals surface area contributed by atoms with Crippen molar-refractivity contribution in [3.05, 3.63) is 63.7 Å². The molecule has 0 spiro atoms. The maximum Gasteiger partial charge on any atom is 0.283 e. The van der Waals surface area contributed by atoms with E-state index in [2.05, 4.69) is 0 Å². The Labute approximate surface area is 121 Å². The van der Waals surface area contributed by atoms with Gasteiger partial charge in [0.1, 0.15) is 11.6 Å². The van der Waals surface area contributed by atoms with E-state index in [-0.39, 0.29) is 21.0 Å². The number of amides is 1. The minimum atomic E-state index is -0.848. The second kappa shape index (κ2) is 5.88. The number of carbonyl (C=O) groups excluding carboxylic acids is 1. The Morgan fingerprint density at radius 1 is 1.14 bits per heavy atom. The first-order valence-corrected chi connectivity index (χ1v) is 6.41. The van der Waals surface area contributed by atoms with E-state index in [1.165, 1.54) is 12.1 Å². The zero-order chi connectivity index (χ0) is 15.6. The smallest absolute Gasteiger partial charge is 0.283 e. The van der Waals surface area contributed by atoms with Crippen molar-refractivity contribution in [2.45, 2.75) is 9.79 Å². The van der Waals surface area contributed by atoms with Crippen LogP contribution in [0.15, 0.2) is 46.2 Å². The van der Waals surface area contributed by atoms with E-state index in [1.54, 1.807) is 0 Å². The van der Waals surface area contributed by atoms with Gasteiger partial charge in [-0.2, -0.15) is 0 Å². The summed E-state index contributed by atoms with van der Waals surface area (Å²) in [6, 6.07) is 6.40. The van der Waals surface area contributed by atoms with Gasteiger partial charge in [0.25, 0.3) is 5.69 Å². The van der Waals surface area contributed by atoms with Crippen LogP contribution in [0.2, 0.25) is 0 Å². The molecule has 0 bridgehead atoms. The molecule has 5 nitrogen and oxygen atoms in total. The summed E-state index contributed by atoms with van der Waals surface area (Å²) in [6.07, 6.45) is 0. The Morgan fingerprint density at radius 2 is 1.86 bits per heavy atom. The molecule has 0 heterocycles. The summed E-state index contributed by atoms with van der Waals surface area (Å²) in [5, 5.41) is 11.0. The Kier molecular flexibility index (Phi) is 4.18. The fourth-order valence-corrected chi connectivity index (χ4v) is 2.54. The van der Waals surface area contributed by atoms with Gasteiger partial charge in [-0.25, -0.2) is 8.78 Å². The lowest BCUT2D eigenvalue weighted by molar-refractivity contribution is -0.387. The van der Waals surface area contributed by atoms with Crippen LogP contribution in [0.5, 0.6) is 0 Å². The van der Waals surface area contributed by atoms with Crippen molar-refractivity contribution in [1.29, 1.82) is 0 Å². The van der Waals surface area contributed by atoms with E-state index < -0.39 is 22.5 Å². The number of benzene rings is 2. The van der Waals surface area contributed by atoms with Crippen LogP contribution < -0.4 is 5.73 Å². The number of halogens is 2. The SMILES string of the molecule is NC(=O)c1ccc([N+](=O)[O-])c(Sc2ccc(F)cc2F)c1. The molecule has 2 aromatic rings. The molecule has 108 valence electrons. The predicted molar refractivity (Wildman–Crippen MR) is 72.1 cm³/mol. The van der Waals surface area contributed by atoms with Gasteiger partial charge in [0, 0.05) is 22.6 Å². The maximum atomic E-state index is 13.6. The molecule has 2 rings (SSSR count). The summed E-state index contributed by atoms with van der Waals surface area (Å²) < 4.78 is 26.5. The molecule has 0 atom stereocenters. The second-order valence-corrected chi connectivity index (χ2v) is 5.06. The first kappa shape index (κ1) is 14.9. The van der Waals surface area contributed by atoms with Gasteiger partial charge in [-0.3, -0.25) is 14.9 Å². The summed E-state index contributed by atoms with van der Waals surface area (Å²) in [4.78, 5) is 21.5. The van der Waals surface area contributed by atoms with Crippen molar-refractivity contribution in [2.24, 2.45) is 5.73 Å². The van der Waals surface area contributed by atoms with Crippen molar-refractivity contribution in [2.75, 3.05) is 0 Å². The minimum absolute atomic E-state index is 0.00104. The largest absolute Gasteiger partial charge is 0.366 e. The average Bonchev–Trinajstić information content (AvgIpc) is 2.41. The molecule has 2 aromatic carbocycles. The summed E-state index contributed by atoms with van der Waals surface area (Å²) in [7, 11) is 0. The zero-order valence-corrected chi connectivity index (χ0v) is 11.2. The lowest BCUT2D eigenvalue weighted by Gasteiger charge is -2.06. The number of nitro benzene ring substituents is 1. The number of hydrogen-bond donors (Lipinski definition) is 1. The van der Waals surface area contributed by atoms with Crippen LogP contribution in [0, 0.1) is 21.7 Å². The Hall–Kier alpha value is -2.48. The van der Waals surface area contributed by atoms with Crippen molar-refractivity contribution in [1.82, 2.24) is 0 Å². The van der Waals surface area contributed by atoms with Crippen molar-refractivity contribution in [3.63, 3.8) is 0 Å². The summed E-state index contributed by atoms with van der Waals surface area (Å²) >= 11 is 0.718. The van der Waals surface area contributed by atoms with Crippen molar-refractivity contribution < 1.29 is 18.5 Å². The molecule has 0 aliphatic rings. The molecule has 0 radical (unpaired) electrons. The van der Waals surface area contributed by atoms with Gasteiger partial charge < -0.3 is 5.73 Å². The Bertz CT molecular complexity index is 737. The summed E-state index contributed by atoms with van der Waals surface area (Å²) in [6.45, 7) is 0. The molecular formula is C13H8F2N2O3S. The predicted octanol–water partition coefficient (Wildman–Crippen LogP) is 3.12. The van der Waals surface area contributed by atoms with Crippen molar-refractivity contribution >= 4 is 23.4 Å². The number of nitrogens with zero attached hydrogens (tertiary/aromatic N) is 1. The number of nitrogens with two attached hydrogens (primary N) is 1. The number of hydrogen-bond acceptors (Lipinski definition) is 4. The minimum Gasteiger partial charge on any atom is -0.366 e. The van der Waals surface area contributed by atoms with Gasteiger partial charge >= 0.3 is 0 Å². The van der Waals surface area contributed by atoms with Crippen LogP contribution >= 0.6 is 11.8 Å². The van der Waals surface area contributed by atoms with Gasteiger partial charge in [-0.05, 0) is 24.3 Å². The molecule has 0 saturated carbocycles. The van der Waals surface area contributed by atoms with Crippen LogP contribution in [-0.2, 0) is 0 Å². The van der Waals surface area contributed by atoms with Gasteiger partial charge in [0.05, 0.1) is 9.82 Å². The van der Waals surface area contributed by atoms with Crippen LogP contribution in [0.4, 0.5) is 14.5 Å². The Balaban J connectivity index is 2.48. The van der Waals surface area contributed by atoms with Gasteiger partial charge in [0.15, 0.2) is 0 Å². The first-order chi connectivity index (χ1) is 9.88. The zero-order valence-electron chi connectivity index (χ0n) is 10.4. The van der Waals surface area contributed by atoms with E-state index in [9.17, 15) is 23.7 Å². The third-order valence-corrected chi connectivity index (χ3v) is 3.65. The highest BCUT2D eigenvalue weighted by Crippen LogP contribution is 2.36. The first-order valence-electron chi connectivity index (χ1n) is 5.59. The molecular weight excluding hydrogens is 302 g/mol. The molecule has 0 aliphatic carbocycles. The maximum absolute atomic E-state index is 13.6. The molecule has 0 aromatic heterocycles. The lowest BCUT2D eigenvalue weighted by Crippen LogP contribution is -2.11. The number of primary amides is 1. The van der Waals surface area contributed by atoms with E-state index in [4.69, 9.17) is 5.73 Å². The molecule has 0 saturated heterocycles. The molecule has 0 aliphatic heterocycles. The normalized spacial score (nSPS) is 10.4. The van der Waals surface area contributed by atoms with E-state index in [0.29, 0.717) is 6.07 Å². The second-order valence-electron chi connectivity index (χ2n) is 3.98. The number of rotatable bonds is 4. The monoisotopic (exact) mass is 310 g/mol. The van der Waals surface area contributed by atoms with Crippen LogP contribution in [0.1, 0.15) is 10.4 Å². The van der Waals surface area contributed by atoms with Crippen LogP contribution in [-0.4, -0.2) is 10.8 Å². The third kappa shape index (κ3) is 3.34. The highest BCUT2D eigenvalue weighted by molar-refractivity contribution is 7.99. The molecule has 21 heavy (non-hydrogen) atoms. The third-order valence-electron chi connectivity index (χ3n) is 2.55. The molecule has 0 unspecified atom stereocenters. The highest BCUT2D eigenvalue weighted by atomic mass is 32.2. The quantitative estimate of drug-likeness (QED) is 0.694. The summed E-state index contributed by atoms with van der Waals surface area (Å²) in [5.41, 5.74) is 4.87. The summed E-state index contributed by atoms with van der Waals surface area (Å²) in [5.74, 6) is -2.36. The average molecular weight is 310 g/mol. The van der Waals surface area contributed by atoms with E-state index in [0.717, 1.165) is 30.0 Å². The fraction of sp³-hybridized carbons (Fsp3) is 0. The fourth-order valence-electron chi connectivity index (χ4n) is 1.58. The molecule has 0 fully saturated rings.